The van der Waals surface area contributed by atoms with E-state index < -0.39 is 0 Å². The Morgan fingerprint density at radius 1 is 1.50 bits per heavy atom. The van der Waals surface area contributed by atoms with Crippen molar-refractivity contribution in [1.82, 2.24) is 14.9 Å². The van der Waals surface area contributed by atoms with Gasteiger partial charge in [0.2, 0.25) is 5.88 Å². The minimum atomic E-state index is 0.624. The van der Waals surface area contributed by atoms with Gasteiger partial charge in [-0.15, -0.1) is 0 Å². The molecule has 16 heavy (non-hydrogen) atoms. The van der Waals surface area contributed by atoms with E-state index in [4.69, 9.17) is 10.5 Å². The highest BCUT2D eigenvalue weighted by atomic mass is 16.5. The van der Waals surface area contributed by atoms with Crippen LogP contribution in [0.15, 0.2) is 12.4 Å². The predicted molar refractivity (Wildman–Crippen MR) is 61.0 cm³/mol. The number of nitrogens with zero attached hydrogens (tertiary/aromatic N) is 3. The zero-order valence-electron chi connectivity index (χ0n) is 9.59. The van der Waals surface area contributed by atoms with E-state index in [1.165, 1.54) is 6.42 Å². The van der Waals surface area contributed by atoms with Gasteiger partial charge in [-0.25, -0.2) is 4.98 Å². The predicted octanol–water partition coefficient (Wildman–Crippen LogP) is 0.266. The van der Waals surface area contributed by atoms with E-state index in [1.54, 1.807) is 19.5 Å². The zero-order chi connectivity index (χ0) is 11.4. The summed E-state index contributed by atoms with van der Waals surface area (Å²) in [5.74, 6) is 1.25. The molecule has 1 aliphatic rings. The van der Waals surface area contributed by atoms with E-state index >= 15 is 0 Å². The Kier molecular flexibility index (Phi) is 3.69. The Balaban J connectivity index is 1.99. The molecule has 1 atom stereocenters. The van der Waals surface area contributed by atoms with Gasteiger partial charge in [-0.05, 0) is 25.4 Å². The fourth-order valence-corrected chi connectivity index (χ4v) is 2.09. The monoisotopic (exact) mass is 222 g/mol. The van der Waals surface area contributed by atoms with Crippen molar-refractivity contribution < 1.29 is 4.74 Å². The fourth-order valence-electron chi connectivity index (χ4n) is 2.09. The molecule has 1 aromatic heterocycles. The number of likely N-dealkylation sites (tertiary alicyclic amines) is 1. The van der Waals surface area contributed by atoms with Crippen molar-refractivity contribution in [3.63, 3.8) is 0 Å². The van der Waals surface area contributed by atoms with Crippen LogP contribution < -0.4 is 10.5 Å². The number of hydrogen-bond acceptors (Lipinski definition) is 5. The van der Waals surface area contributed by atoms with Gasteiger partial charge in [-0.1, -0.05) is 0 Å². The maximum Gasteiger partial charge on any atom is 0.236 e. The van der Waals surface area contributed by atoms with Crippen LogP contribution in [0.1, 0.15) is 12.1 Å². The maximum atomic E-state index is 5.67. The van der Waals surface area contributed by atoms with E-state index in [-0.39, 0.29) is 0 Å². The summed E-state index contributed by atoms with van der Waals surface area (Å²) >= 11 is 0. The third kappa shape index (κ3) is 2.48. The van der Waals surface area contributed by atoms with Crippen molar-refractivity contribution in [3.8, 4) is 5.88 Å². The highest BCUT2D eigenvalue weighted by Gasteiger charge is 2.22. The Bertz CT molecular complexity index is 345. The fraction of sp³-hybridized carbons (Fsp3) is 0.636. The second-order valence-electron chi connectivity index (χ2n) is 4.14. The van der Waals surface area contributed by atoms with Gasteiger partial charge in [0.05, 0.1) is 7.11 Å². The van der Waals surface area contributed by atoms with Gasteiger partial charge < -0.3 is 10.5 Å². The van der Waals surface area contributed by atoms with E-state index in [9.17, 15) is 0 Å². The Labute approximate surface area is 95.6 Å². The van der Waals surface area contributed by atoms with Gasteiger partial charge in [0.25, 0.3) is 0 Å². The van der Waals surface area contributed by atoms with Gasteiger partial charge in [-0.2, -0.15) is 0 Å². The quantitative estimate of drug-likeness (QED) is 0.792. The highest BCUT2D eigenvalue weighted by Crippen LogP contribution is 2.19. The summed E-state index contributed by atoms with van der Waals surface area (Å²) in [6, 6.07) is 0. The number of hydrogen-bond donors (Lipinski definition) is 1. The average Bonchev–Trinajstić information content (AvgIpc) is 2.77. The lowest BCUT2D eigenvalue weighted by Gasteiger charge is -2.15. The van der Waals surface area contributed by atoms with E-state index in [0.717, 1.165) is 31.9 Å². The normalized spacial score (nSPS) is 21.2. The number of aromatic nitrogens is 2. The molecule has 0 amide bonds. The number of rotatable bonds is 4. The molecule has 1 fully saturated rings. The molecule has 2 rings (SSSR count). The summed E-state index contributed by atoms with van der Waals surface area (Å²) in [5.41, 5.74) is 6.57. The summed E-state index contributed by atoms with van der Waals surface area (Å²) in [6.45, 7) is 3.71. The van der Waals surface area contributed by atoms with Crippen LogP contribution in [-0.4, -0.2) is 41.6 Å². The van der Waals surface area contributed by atoms with E-state index in [2.05, 4.69) is 14.9 Å². The molecule has 1 aromatic rings. The lowest BCUT2D eigenvalue weighted by molar-refractivity contribution is 0.301. The van der Waals surface area contributed by atoms with Crippen molar-refractivity contribution in [3.05, 3.63) is 18.1 Å². The SMILES string of the molecule is COc1nccnc1CN1CC[C@@H](CN)C1. The van der Waals surface area contributed by atoms with Crippen LogP contribution in [0.5, 0.6) is 5.88 Å². The molecule has 0 aromatic carbocycles. The molecule has 5 nitrogen and oxygen atoms in total. The summed E-state index contributed by atoms with van der Waals surface area (Å²) in [4.78, 5) is 10.8. The van der Waals surface area contributed by atoms with Gasteiger partial charge in [0.15, 0.2) is 0 Å². The van der Waals surface area contributed by atoms with E-state index in [0.29, 0.717) is 11.8 Å². The summed E-state index contributed by atoms with van der Waals surface area (Å²) in [5, 5.41) is 0. The molecule has 5 heteroatoms. The first-order valence-corrected chi connectivity index (χ1v) is 5.59. The summed E-state index contributed by atoms with van der Waals surface area (Å²) in [7, 11) is 1.63. The lowest BCUT2D eigenvalue weighted by Crippen LogP contribution is -2.23. The van der Waals surface area contributed by atoms with Gasteiger partial charge in [0, 0.05) is 25.5 Å². The number of nitrogens with two attached hydrogens (primary N) is 1. The largest absolute Gasteiger partial charge is 0.480 e. The first-order valence-electron chi connectivity index (χ1n) is 5.59. The first kappa shape index (κ1) is 11.3. The molecule has 0 radical (unpaired) electrons. The third-order valence-electron chi connectivity index (χ3n) is 3.01. The summed E-state index contributed by atoms with van der Waals surface area (Å²) in [6.07, 6.45) is 4.53. The Morgan fingerprint density at radius 2 is 2.31 bits per heavy atom. The number of ether oxygens (including phenoxy) is 1. The van der Waals surface area contributed by atoms with Gasteiger partial charge >= 0.3 is 0 Å². The third-order valence-corrected chi connectivity index (χ3v) is 3.01. The average molecular weight is 222 g/mol. The topological polar surface area (TPSA) is 64.3 Å². The molecule has 0 unspecified atom stereocenters. The van der Waals surface area contributed by atoms with Crippen LogP contribution in [0, 0.1) is 5.92 Å². The lowest BCUT2D eigenvalue weighted by atomic mass is 10.1. The Hall–Kier alpha value is -1.20. The maximum absolute atomic E-state index is 5.67. The molecule has 0 bridgehead atoms. The van der Waals surface area contributed by atoms with Gasteiger partial charge in [-0.3, -0.25) is 9.88 Å². The molecule has 1 aliphatic heterocycles. The van der Waals surface area contributed by atoms with Crippen molar-refractivity contribution in [2.24, 2.45) is 11.7 Å². The first-order chi connectivity index (χ1) is 7.83. The molecule has 2 N–H and O–H groups in total. The van der Waals surface area contributed by atoms with Gasteiger partial charge in [0.1, 0.15) is 5.69 Å². The molecule has 1 saturated heterocycles. The van der Waals surface area contributed by atoms with Crippen LogP contribution in [0.2, 0.25) is 0 Å². The summed E-state index contributed by atoms with van der Waals surface area (Å²) < 4.78 is 5.18. The van der Waals surface area contributed by atoms with Crippen LogP contribution in [-0.2, 0) is 6.54 Å². The zero-order valence-corrected chi connectivity index (χ0v) is 9.59. The molecule has 0 aliphatic carbocycles. The van der Waals surface area contributed by atoms with Crippen LogP contribution in [0.4, 0.5) is 0 Å². The second-order valence-corrected chi connectivity index (χ2v) is 4.14. The molecular weight excluding hydrogens is 204 g/mol. The molecule has 2 heterocycles. The van der Waals surface area contributed by atoms with Crippen LogP contribution in [0.25, 0.3) is 0 Å². The molecule has 0 spiro atoms. The standard InChI is InChI=1S/C11H18N4O/c1-16-11-10(13-3-4-14-11)8-15-5-2-9(6-12)7-15/h3-4,9H,2,5-8,12H2,1H3/t9-/m0/s1. The number of methoxy groups -OCH3 is 1. The van der Waals surface area contributed by atoms with Crippen LogP contribution in [0.3, 0.4) is 0 Å². The molecular formula is C11H18N4O. The van der Waals surface area contributed by atoms with Crippen molar-refractivity contribution >= 4 is 0 Å². The minimum absolute atomic E-state index is 0.624. The second kappa shape index (κ2) is 5.23. The van der Waals surface area contributed by atoms with Crippen molar-refractivity contribution in [1.29, 1.82) is 0 Å². The molecule has 0 saturated carbocycles. The van der Waals surface area contributed by atoms with E-state index in [1.807, 2.05) is 0 Å². The molecule has 88 valence electrons. The van der Waals surface area contributed by atoms with Crippen molar-refractivity contribution in [2.75, 3.05) is 26.7 Å². The van der Waals surface area contributed by atoms with Crippen LogP contribution >= 0.6 is 0 Å². The van der Waals surface area contributed by atoms with Crippen molar-refractivity contribution in [2.45, 2.75) is 13.0 Å². The minimum Gasteiger partial charge on any atom is -0.480 e. The highest BCUT2D eigenvalue weighted by molar-refractivity contribution is 5.17. The Morgan fingerprint density at radius 3 is 3.00 bits per heavy atom. The smallest absolute Gasteiger partial charge is 0.236 e.